The Morgan fingerprint density at radius 3 is 1.97 bits per heavy atom. The summed E-state index contributed by atoms with van der Waals surface area (Å²) < 4.78 is 0. The summed E-state index contributed by atoms with van der Waals surface area (Å²) in [6.45, 7) is 26.0. The molecule has 0 heterocycles. The molecule has 5 rings (SSSR count). The van der Waals surface area contributed by atoms with Gasteiger partial charge in [0.15, 0.2) is 0 Å². The summed E-state index contributed by atoms with van der Waals surface area (Å²) in [7, 11) is 0. The summed E-state index contributed by atoms with van der Waals surface area (Å²) in [6, 6.07) is 0. The fraction of sp³-hybridized carbons (Fsp3) is 1.00. The molecule has 0 nitrogen and oxygen atoms in total. The van der Waals surface area contributed by atoms with Crippen molar-refractivity contribution in [1.82, 2.24) is 0 Å². The quantitative estimate of drug-likeness (QED) is 0.335. The average Bonchev–Trinajstić information content (AvgIpc) is 3.20. The first-order valence-corrected chi connectivity index (χ1v) is 17.6. The molecule has 0 radical (unpaired) electrons. The van der Waals surface area contributed by atoms with Crippen LogP contribution < -0.4 is 0 Å². The summed E-state index contributed by atoms with van der Waals surface area (Å²) in [5.41, 5.74) is 2.87. The van der Waals surface area contributed by atoms with Crippen molar-refractivity contribution in [2.75, 3.05) is 0 Å². The van der Waals surface area contributed by atoms with E-state index in [1.165, 1.54) is 64.2 Å². The molecule has 0 aromatic rings. The molecule has 38 heavy (non-hydrogen) atoms. The van der Waals surface area contributed by atoms with Gasteiger partial charge in [-0.3, -0.25) is 0 Å². The number of rotatable bonds is 5. The smallest absolute Gasteiger partial charge is 0.0264 e. The molecule has 0 aromatic heterocycles. The van der Waals surface area contributed by atoms with Gasteiger partial charge >= 0.3 is 0 Å². The van der Waals surface area contributed by atoms with Crippen LogP contribution in [0, 0.1) is 74.4 Å². The van der Waals surface area contributed by atoms with E-state index in [1.54, 1.807) is 32.1 Å². The molecule has 0 heteroatoms. The van der Waals surface area contributed by atoms with Crippen molar-refractivity contribution >= 4 is 0 Å². The third kappa shape index (κ3) is 4.89. The molecule has 9 atom stereocenters. The summed E-state index contributed by atoms with van der Waals surface area (Å²) >= 11 is 0. The molecule has 0 unspecified atom stereocenters. The summed E-state index contributed by atoms with van der Waals surface area (Å²) in [6.07, 6.45) is 22.7. The van der Waals surface area contributed by atoms with Crippen LogP contribution in [0.3, 0.4) is 0 Å². The molecule has 5 aliphatic carbocycles. The Hall–Kier alpha value is 0. The molecule has 0 aliphatic heterocycles. The fourth-order valence-electron chi connectivity index (χ4n) is 12.1. The lowest BCUT2D eigenvalue weighted by molar-refractivity contribution is -0.145. The lowest BCUT2D eigenvalue weighted by atomic mass is 9.41. The van der Waals surface area contributed by atoms with Crippen molar-refractivity contribution in [3.63, 3.8) is 0 Å². The lowest BCUT2D eigenvalue weighted by Gasteiger charge is -2.64. The highest BCUT2D eigenvalue weighted by Crippen LogP contribution is 2.70. The first-order chi connectivity index (χ1) is 17.6. The molecule has 220 valence electrons. The van der Waals surface area contributed by atoms with Gasteiger partial charge in [-0.1, -0.05) is 69.2 Å². The highest BCUT2D eigenvalue weighted by atomic mass is 14.7. The molecule has 5 aliphatic rings. The average molecular weight is 525 g/mol. The molecule has 0 saturated heterocycles. The first kappa shape index (κ1) is 29.5. The van der Waals surface area contributed by atoms with Gasteiger partial charge in [0.2, 0.25) is 0 Å². The number of hydrogen-bond donors (Lipinski definition) is 0. The van der Waals surface area contributed by atoms with Crippen LogP contribution in [0.4, 0.5) is 0 Å². The highest BCUT2D eigenvalue weighted by Gasteiger charge is 2.62. The van der Waals surface area contributed by atoms with Crippen molar-refractivity contribution in [2.24, 2.45) is 74.4 Å². The predicted octanol–water partition coefficient (Wildman–Crippen LogP) is 12.0. The molecule has 0 amide bonds. The third-order valence-corrected chi connectivity index (χ3v) is 15.9. The van der Waals surface area contributed by atoms with Gasteiger partial charge < -0.3 is 0 Å². The Morgan fingerprint density at radius 1 is 0.684 bits per heavy atom. The van der Waals surface area contributed by atoms with Gasteiger partial charge in [-0.15, -0.1) is 0 Å². The van der Waals surface area contributed by atoms with E-state index in [9.17, 15) is 0 Å². The molecule has 0 bridgehead atoms. The zero-order valence-corrected chi connectivity index (χ0v) is 27.7. The van der Waals surface area contributed by atoms with Gasteiger partial charge in [-0.2, -0.15) is 0 Å². The van der Waals surface area contributed by atoms with Crippen LogP contribution in [0.5, 0.6) is 0 Å². The third-order valence-electron chi connectivity index (χ3n) is 15.9. The molecular formula is C38H68. The van der Waals surface area contributed by atoms with Crippen molar-refractivity contribution < 1.29 is 0 Å². The van der Waals surface area contributed by atoms with Crippen molar-refractivity contribution in [3.8, 4) is 0 Å². The summed E-state index contributed by atoms with van der Waals surface area (Å²) in [4.78, 5) is 0. The maximum absolute atomic E-state index is 2.80. The Labute approximate surface area is 239 Å². The summed E-state index contributed by atoms with van der Waals surface area (Å²) in [5, 5.41) is 0. The van der Waals surface area contributed by atoms with E-state index in [1.807, 2.05) is 0 Å². The monoisotopic (exact) mass is 525 g/mol. The Morgan fingerprint density at radius 2 is 1.34 bits per heavy atom. The van der Waals surface area contributed by atoms with Crippen molar-refractivity contribution in [2.45, 2.75) is 166 Å². The topological polar surface area (TPSA) is 0 Å². The maximum Gasteiger partial charge on any atom is -0.0264 e. The van der Waals surface area contributed by atoms with Crippen LogP contribution in [-0.4, -0.2) is 0 Å². The maximum atomic E-state index is 2.80. The second-order valence-electron chi connectivity index (χ2n) is 18.8. The number of fused-ring (bicyclic) bond motifs is 5. The van der Waals surface area contributed by atoms with E-state index in [-0.39, 0.29) is 0 Å². The van der Waals surface area contributed by atoms with E-state index in [4.69, 9.17) is 0 Å². The van der Waals surface area contributed by atoms with Gasteiger partial charge in [-0.25, -0.2) is 0 Å². The van der Waals surface area contributed by atoms with E-state index < -0.39 is 0 Å². The van der Waals surface area contributed by atoms with Crippen LogP contribution in [0.2, 0.25) is 0 Å². The van der Waals surface area contributed by atoms with Gasteiger partial charge in [0, 0.05) is 0 Å². The lowest BCUT2D eigenvalue weighted by Crippen LogP contribution is -2.55. The molecule has 0 N–H and O–H groups in total. The minimum atomic E-state index is 0.440. The highest BCUT2D eigenvalue weighted by molar-refractivity contribution is 5.11. The van der Waals surface area contributed by atoms with Crippen LogP contribution >= 0.6 is 0 Å². The van der Waals surface area contributed by atoms with E-state index in [2.05, 4.69) is 69.2 Å². The van der Waals surface area contributed by atoms with Crippen molar-refractivity contribution in [1.29, 1.82) is 0 Å². The molecule has 5 fully saturated rings. The standard InChI is InChI=1S/C38H68/c1-26(2)28-16-20-35(7,21-17-28)19-15-27(3)31-13-14-32-30-12-11-29-25-36(8,34(4,5)6)23-24-37(29,9)33(30)18-22-38(31,32)10/h26-33H,11-25H2,1-10H3/t27-,28?,29+,30+,31-,32+,33+,35?,36-,37+,38-/m1/s1. The molecule has 0 spiro atoms. The van der Waals surface area contributed by atoms with Crippen molar-refractivity contribution in [3.05, 3.63) is 0 Å². The first-order valence-electron chi connectivity index (χ1n) is 17.6. The zero-order valence-electron chi connectivity index (χ0n) is 27.7. The predicted molar refractivity (Wildman–Crippen MR) is 166 cm³/mol. The van der Waals surface area contributed by atoms with Crippen LogP contribution in [0.15, 0.2) is 0 Å². The molecule has 5 saturated carbocycles. The van der Waals surface area contributed by atoms with Gasteiger partial charge in [0.25, 0.3) is 0 Å². The Bertz CT molecular complexity index is 821. The SMILES string of the molecule is CC(C)C1CCC(C)(CC[C@@H](C)[C@H]2CC[C@H]3[C@@H]4CC[C@H]5C[C@](C)(C(C)(C)C)CC[C@]5(C)[C@H]4CC[C@]23C)CC1. The second-order valence-corrected chi connectivity index (χ2v) is 18.8. The Kier molecular flexibility index (Phi) is 7.82. The van der Waals surface area contributed by atoms with Crippen LogP contribution in [0.1, 0.15) is 166 Å². The Balaban J connectivity index is 1.22. The van der Waals surface area contributed by atoms with E-state index >= 15 is 0 Å². The molecular weight excluding hydrogens is 456 g/mol. The van der Waals surface area contributed by atoms with Gasteiger partial charge in [0.1, 0.15) is 0 Å². The fourth-order valence-corrected chi connectivity index (χ4v) is 12.1. The second kappa shape index (κ2) is 10.1. The number of hydrogen-bond acceptors (Lipinski definition) is 0. The van der Waals surface area contributed by atoms with E-state index in [0.717, 1.165) is 47.3 Å². The van der Waals surface area contributed by atoms with Gasteiger partial charge in [-0.05, 0) is 171 Å². The largest absolute Gasteiger partial charge is 0.0625 e. The van der Waals surface area contributed by atoms with Crippen LogP contribution in [0.25, 0.3) is 0 Å². The molecule has 0 aromatic carbocycles. The summed E-state index contributed by atoms with van der Waals surface area (Å²) in [5.74, 6) is 7.86. The minimum Gasteiger partial charge on any atom is -0.0625 e. The zero-order chi connectivity index (χ0) is 27.7. The van der Waals surface area contributed by atoms with Gasteiger partial charge in [0.05, 0.1) is 0 Å². The normalized spacial score (nSPS) is 50.3. The minimum absolute atomic E-state index is 0.440. The van der Waals surface area contributed by atoms with E-state index in [0.29, 0.717) is 27.1 Å². The van der Waals surface area contributed by atoms with Crippen LogP contribution in [-0.2, 0) is 0 Å².